The van der Waals surface area contributed by atoms with Gasteiger partial charge in [0.1, 0.15) is 12.4 Å². The van der Waals surface area contributed by atoms with Gasteiger partial charge in [-0.1, -0.05) is 0 Å². The van der Waals surface area contributed by atoms with Gasteiger partial charge in [0.2, 0.25) is 0 Å². The summed E-state index contributed by atoms with van der Waals surface area (Å²) >= 11 is 0. The van der Waals surface area contributed by atoms with Crippen LogP contribution in [0.25, 0.3) is 0 Å². The van der Waals surface area contributed by atoms with Gasteiger partial charge in [0.25, 0.3) is 0 Å². The molecule has 3 heteroatoms. The average molecular weight is 122 g/mol. The third-order valence-corrected chi connectivity index (χ3v) is 1.29. The first-order chi connectivity index (χ1) is 4.47. The summed E-state index contributed by atoms with van der Waals surface area (Å²) in [5.41, 5.74) is 1.08. The van der Waals surface area contributed by atoms with Gasteiger partial charge in [0.05, 0.1) is 6.61 Å². The molecule has 1 aliphatic heterocycles. The Morgan fingerprint density at radius 3 is 2.67 bits per heavy atom. The molecule has 0 spiro atoms. The predicted octanol–water partition coefficient (Wildman–Crippen LogP) is 0.548. The quantitative estimate of drug-likeness (QED) is 0.510. The van der Waals surface area contributed by atoms with Crippen LogP contribution in [-0.2, 0) is 4.74 Å². The largest absolute Gasteiger partial charge is 0.368 e. The molecule has 0 aromatic carbocycles. The molecule has 0 N–H and O–H groups in total. The first-order valence-corrected chi connectivity index (χ1v) is 2.83. The zero-order valence-electron chi connectivity index (χ0n) is 4.82. The maximum absolute atomic E-state index is 5.01. The Morgan fingerprint density at radius 2 is 2.11 bits per heavy atom. The summed E-state index contributed by atoms with van der Waals surface area (Å²) in [4.78, 5) is 7.71. The first-order valence-electron chi connectivity index (χ1n) is 2.83. The molecule has 1 aromatic heterocycles. The van der Waals surface area contributed by atoms with Crippen molar-refractivity contribution in [2.75, 3.05) is 6.61 Å². The van der Waals surface area contributed by atoms with E-state index in [9.17, 15) is 0 Å². The fraction of sp³-hybridized carbons (Fsp3) is 0.333. The van der Waals surface area contributed by atoms with Gasteiger partial charge < -0.3 is 4.74 Å². The minimum absolute atomic E-state index is 0.284. The van der Waals surface area contributed by atoms with E-state index in [0.29, 0.717) is 0 Å². The first kappa shape index (κ1) is 4.88. The molecule has 1 fully saturated rings. The number of nitrogens with zero attached hydrogens (tertiary/aromatic N) is 2. The number of aromatic nitrogens is 2. The van der Waals surface area contributed by atoms with Crippen LogP contribution in [-0.4, -0.2) is 16.6 Å². The Kier molecular flexibility index (Phi) is 0.960. The van der Waals surface area contributed by atoms with Crippen LogP contribution >= 0.6 is 0 Å². The van der Waals surface area contributed by atoms with E-state index in [-0.39, 0.29) is 6.10 Å². The Labute approximate surface area is 52.7 Å². The number of hydrogen-bond donors (Lipinski definition) is 0. The number of ether oxygens (including phenoxy) is 1. The van der Waals surface area contributed by atoms with Crippen molar-refractivity contribution in [2.24, 2.45) is 0 Å². The van der Waals surface area contributed by atoms with Crippen molar-refractivity contribution in [1.82, 2.24) is 9.97 Å². The molecule has 9 heavy (non-hydrogen) atoms. The van der Waals surface area contributed by atoms with Crippen LogP contribution in [0.3, 0.4) is 0 Å². The van der Waals surface area contributed by atoms with Crippen molar-refractivity contribution < 1.29 is 4.74 Å². The smallest absolute Gasteiger partial charge is 0.115 e. The molecule has 0 saturated carbocycles. The molecule has 1 unspecified atom stereocenters. The zero-order chi connectivity index (χ0) is 6.10. The van der Waals surface area contributed by atoms with Crippen LogP contribution in [0, 0.1) is 0 Å². The van der Waals surface area contributed by atoms with E-state index in [2.05, 4.69) is 9.97 Å². The lowest BCUT2D eigenvalue weighted by molar-refractivity contribution is 0.414. The summed E-state index contributed by atoms with van der Waals surface area (Å²) in [6.07, 6.45) is 5.37. The lowest BCUT2D eigenvalue weighted by atomic mass is 10.3. The Morgan fingerprint density at radius 1 is 1.44 bits per heavy atom. The molecule has 1 aliphatic rings. The van der Waals surface area contributed by atoms with Crippen LogP contribution in [0.15, 0.2) is 18.7 Å². The van der Waals surface area contributed by atoms with E-state index in [4.69, 9.17) is 4.74 Å². The van der Waals surface area contributed by atoms with Crippen molar-refractivity contribution in [2.45, 2.75) is 6.10 Å². The standard InChI is InChI=1S/C6H6N2O/c1-5(6-3-9-6)2-8-4-7-1/h1-2,4,6H,3H2. The Balaban J connectivity index is 2.29. The Bertz CT molecular complexity index is 195. The van der Waals surface area contributed by atoms with E-state index in [1.54, 1.807) is 12.4 Å². The zero-order valence-corrected chi connectivity index (χ0v) is 4.82. The summed E-state index contributed by atoms with van der Waals surface area (Å²) in [6, 6.07) is 0. The molecule has 0 radical (unpaired) electrons. The number of epoxide rings is 1. The molecule has 0 amide bonds. The monoisotopic (exact) mass is 122 g/mol. The molecule has 0 aliphatic carbocycles. The summed E-state index contributed by atoms with van der Waals surface area (Å²) in [5, 5.41) is 0. The fourth-order valence-electron chi connectivity index (χ4n) is 0.717. The molecule has 2 heterocycles. The van der Waals surface area contributed by atoms with Crippen LogP contribution in [0.5, 0.6) is 0 Å². The molecular formula is C6H6N2O. The predicted molar refractivity (Wildman–Crippen MR) is 30.7 cm³/mol. The van der Waals surface area contributed by atoms with Crippen LogP contribution in [0.4, 0.5) is 0 Å². The van der Waals surface area contributed by atoms with E-state index >= 15 is 0 Å². The highest BCUT2D eigenvalue weighted by Crippen LogP contribution is 2.27. The van der Waals surface area contributed by atoms with Gasteiger partial charge in [-0.05, 0) is 0 Å². The second kappa shape index (κ2) is 1.77. The van der Waals surface area contributed by atoms with Crippen molar-refractivity contribution in [3.63, 3.8) is 0 Å². The van der Waals surface area contributed by atoms with Crippen molar-refractivity contribution in [3.8, 4) is 0 Å². The summed E-state index contributed by atoms with van der Waals surface area (Å²) in [5.74, 6) is 0. The van der Waals surface area contributed by atoms with Crippen LogP contribution in [0.2, 0.25) is 0 Å². The van der Waals surface area contributed by atoms with Crippen LogP contribution in [0.1, 0.15) is 11.7 Å². The van der Waals surface area contributed by atoms with E-state index in [1.165, 1.54) is 6.33 Å². The molecule has 46 valence electrons. The SMILES string of the molecule is c1ncc(C2CO2)cn1. The van der Waals surface area contributed by atoms with Gasteiger partial charge in [0, 0.05) is 18.0 Å². The maximum Gasteiger partial charge on any atom is 0.115 e. The van der Waals surface area contributed by atoms with Gasteiger partial charge in [-0.15, -0.1) is 0 Å². The van der Waals surface area contributed by atoms with Gasteiger partial charge in [-0.3, -0.25) is 0 Å². The molecule has 0 bridgehead atoms. The molecule has 3 nitrogen and oxygen atoms in total. The van der Waals surface area contributed by atoms with Crippen molar-refractivity contribution >= 4 is 0 Å². The lowest BCUT2D eigenvalue weighted by Crippen LogP contribution is -1.82. The van der Waals surface area contributed by atoms with Gasteiger partial charge in [0.15, 0.2) is 0 Å². The highest BCUT2D eigenvalue weighted by Gasteiger charge is 2.24. The molecule has 1 atom stereocenters. The van der Waals surface area contributed by atoms with Gasteiger partial charge in [-0.25, -0.2) is 9.97 Å². The molecular weight excluding hydrogens is 116 g/mol. The molecule has 2 rings (SSSR count). The minimum Gasteiger partial charge on any atom is -0.368 e. The van der Waals surface area contributed by atoms with Gasteiger partial charge in [-0.2, -0.15) is 0 Å². The van der Waals surface area contributed by atoms with E-state index in [1.807, 2.05) is 0 Å². The molecule has 1 saturated heterocycles. The van der Waals surface area contributed by atoms with Crippen molar-refractivity contribution in [3.05, 3.63) is 24.3 Å². The van der Waals surface area contributed by atoms with Gasteiger partial charge >= 0.3 is 0 Å². The van der Waals surface area contributed by atoms with E-state index < -0.39 is 0 Å². The summed E-state index contributed by atoms with van der Waals surface area (Å²) in [7, 11) is 0. The third-order valence-electron chi connectivity index (χ3n) is 1.29. The minimum atomic E-state index is 0.284. The number of hydrogen-bond acceptors (Lipinski definition) is 3. The summed E-state index contributed by atoms with van der Waals surface area (Å²) in [6.45, 7) is 0.827. The van der Waals surface area contributed by atoms with E-state index in [0.717, 1.165) is 12.2 Å². The molecule has 1 aromatic rings. The van der Waals surface area contributed by atoms with Crippen molar-refractivity contribution in [1.29, 1.82) is 0 Å². The second-order valence-electron chi connectivity index (χ2n) is 1.99. The lowest BCUT2D eigenvalue weighted by Gasteiger charge is -1.88. The maximum atomic E-state index is 5.01. The fourth-order valence-corrected chi connectivity index (χ4v) is 0.717. The number of rotatable bonds is 1. The second-order valence-corrected chi connectivity index (χ2v) is 1.99. The third kappa shape index (κ3) is 0.907. The average Bonchev–Trinajstić information content (AvgIpc) is 2.71. The highest BCUT2D eigenvalue weighted by molar-refractivity contribution is 5.10. The highest BCUT2D eigenvalue weighted by atomic mass is 16.6. The summed E-state index contributed by atoms with van der Waals surface area (Å²) < 4.78 is 5.01. The van der Waals surface area contributed by atoms with Crippen LogP contribution < -0.4 is 0 Å². The normalized spacial score (nSPS) is 23.8. The Hall–Kier alpha value is -0.960. The topological polar surface area (TPSA) is 38.3 Å².